The fraction of sp³-hybridized carbons (Fsp3) is 0.474. The third-order valence-electron chi connectivity index (χ3n) is 5.38. The molecule has 8 nitrogen and oxygen atoms in total. The van der Waals surface area contributed by atoms with Crippen LogP contribution in [0.25, 0.3) is 0 Å². The van der Waals surface area contributed by atoms with Gasteiger partial charge < -0.3 is 16.4 Å². The number of hydrogen-bond acceptors (Lipinski definition) is 7. The predicted molar refractivity (Wildman–Crippen MR) is 110 cm³/mol. The summed E-state index contributed by atoms with van der Waals surface area (Å²) in [5.74, 6) is 0.713. The third kappa shape index (κ3) is 4.69. The van der Waals surface area contributed by atoms with Crippen molar-refractivity contribution in [2.75, 3.05) is 17.2 Å². The van der Waals surface area contributed by atoms with Crippen LogP contribution in [0.3, 0.4) is 0 Å². The van der Waals surface area contributed by atoms with Crippen LogP contribution in [0.4, 0.5) is 17.5 Å². The molecule has 0 bridgehead atoms. The van der Waals surface area contributed by atoms with Crippen molar-refractivity contribution in [2.24, 2.45) is 11.7 Å². The first kappa shape index (κ1) is 20.3. The van der Waals surface area contributed by atoms with Gasteiger partial charge in [-0.2, -0.15) is 4.98 Å². The van der Waals surface area contributed by atoms with Crippen LogP contribution in [0, 0.1) is 23.0 Å². The number of nitro groups is 1. The summed E-state index contributed by atoms with van der Waals surface area (Å²) >= 11 is 6.27. The van der Waals surface area contributed by atoms with Gasteiger partial charge in [-0.25, -0.2) is 4.98 Å². The minimum Gasteiger partial charge on any atom is -0.378 e. The predicted octanol–water partition coefficient (Wildman–Crippen LogP) is 3.45. The Hall–Kier alpha value is -2.45. The van der Waals surface area contributed by atoms with Crippen LogP contribution in [0.2, 0.25) is 5.02 Å². The minimum atomic E-state index is -0.576. The second-order valence-electron chi connectivity index (χ2n) is 7.38. The largest absolute Gasteiger partial charge is 0.378 e. The van der Waals surface area contributed by atoms with Crippen LogP contribution >= 0.6 is 11.6 Å². The smallest absolute Gasteiger partial charge is 0.329 e. The Morgan fingerprint density at radius 1 is 1.32 bits per heavy atom. The molecule has 0 radical (unpaired) electrons. The number of aromatic nitrogens is 2. The lowest BCUT2D eigenvalue weighted by molar-refractivity contribution is -0.384. The van der Waals surface area contributed by atoms with Crippen LogP contribution in [-0.2, 0) is 6.54 Å². The molecule has 1 aromatic heterocycles. The van der Waals surface area contributed by atoms with Crippen LogP contribution in [0.15, 0.2) is 24.4 Å². The van der Waals surface area contributed by atoms with E-state index in [1.165, 1.54) is 6.20 Å². The molecule has 9 heteroatoms. The van der Waals surface area contributed by atoms with E-state index in [1.807, 2.05) is 30.0 Å². The second kappa shape index (κ2) is 8.70. The van der Waals surface area contributed by atoms with Gasteiger partial charge in [0.1, 0.15) is 6.20 Å². The Balaban J connectivity index is 1.88. The number of anilines is 2. The summed E-state index contributed by atoms with van der Waals surface area (Å²) < 4.78 is 0. The summed E-state index contributed by atoms with van der Waals surface area (Å²) in [6, 6.07) is 6.05. The highest BCUT2D eigenvalue weighted by Crippen LogP contribution is 2.29. The fourth-order valence-corrected chi connectivity index (χ4v) is 3.79. The molecule has 1 aromatic carbocycles. The maximum atomic E-state index is 11.0. The zero-order valence-electron chi connectivity index (χ0n) is 15.8. The monoisotopic (exact) mass is 404 g/mol. The average molecular weight is 405 g/mol. The topological polar surface area (TPSA) is 124 Å². The molecule has 150 valence electrons. The Morgan fingerprint density at radius 2 is 2.04 bits per heavy atom. The number of nitrogen functional groups attached to an aromatic ring is 1. The Bertz CT molecular complexity index is 854. The van der Waals surface area contributed by atoms with Gasteiger partial charge in [0, 0.05) is 24.2 Å². The number of nitrogens with two attached hydrogens (primary N) is 2. The van der Waals surface area contributed by atoms with Crippen LogP contribution in [0.5, 0.6) is 0 Å². The van der Waals surface area contributed by atoms with E-state index in [2.05, 4.69) is 9.97 Å². The summed E-state index contributed by atoms with van der Waals surface area (Å²) in [5, 5.41) is 11.7. The number of rotatable bonds is 6. The zero-order chi connectivity index (χ0) is 20.3. The molecule has 3 rings (SSSR count). The molecule has 0 aliphatic heterocycles. The molecule has 1 aliphatic carbocycles. The lowest BCUT2D eigenvalue weighted by Gasteiger charge is -2.32. The van der Waals surface area contributed by atoms with E-state index in [4.69, 9.17) is 23.1 Å². The summed E-state index contributed by atoms with van der Waals surface area (Å²) in [6.07, 6.45) is 5.24. The van der Waals surface area contributed by atoms with E-state index >= 15 is 0 Å². The normalized spacial score (nSPS) is 19.4. The van der Waals surface area contributed by atoms with Crippen LogP contribution in [-0.4, -0.2) is 27.5 Å². The number of benzene rings is 1. The molecule has 0 spiro atoms. The van der Waals surface area contributed by atoms with Gasteiger partial charge in [0.15, 0.2) is 0 Å². The highest BCUT2D eigenvalue weighted by molar-refractivity contribution is 6.31. The molecule has 0 saturated heterocycles. The lowest BCUT2D eigenvalue weighted by Crippen LogP contribution is -2.35. The number of nitrogens with zero attached hydrogens (tertiary/aromatic N) is 4. The minimum absolute atomic E-state index is 0.131. The fourth-order valence-electron chi connectivity index (χ4n) is 3.60. The lowest BCUT2D eigenvalue weighted by atomic mass is 9.86. The summed E-state index contributed by atoms with van der Waals surface area (Å²) in [4.78, 5) is 20.9. The Kier molecular flexibility index (Phi) is 6.31. The highest BCUT2D eigenvalue weighted by Gasteiger charge is 2.24. The summed E-state index contributed by atoms with van der Waals surface area (Å²) in [6.45, 7) is 3.25. The SMILES string of the molecule is Cc1c(Cl)cccc1CN(CC1CCC(N)CC1)c1ncc([N+](=O)[O-])c(N)n1. The molecule has 0 amide bonds. The van der Waals surface area contributed by atoms with Crippen molar-refractivity contribution in [1.82, 2.24) is 9.97 Å². The molecule has 0 atom stereocenters. The average Bonchev–Trinajstić information content (AvgIpc) is 2.66. The first-order chi connectivity index (χ1) is 13.3. The van der Waals surface area contributed by atoms with Crippen molar-refractivity contribution in [1.29, 1.82) is 0 Å². The summed E-state index contributed by atoms with van der Waals surface area (Å²) in [5.41, 5.74) is 13.6. The maximum Gasteiger partial charge on any atom is 0.329 e. The van der Waals surface area contributed by atoms with E-state index in [0.29, 0.717) is 23.4 Å². The third-order valence-corrected chi connectivity index (χ3v) is 5.79. The van der Waals surface area contributed by atoms with E-state index in [9.17, 15) is 10.1 Å². The molecule has 4 N–H and O–H groups in total. The molecule has 1 saturated carbocycles. The van der Waals surface area contributed by atoms with Gasteiger partial charge in [-0.15, -0.1) is 0 Å². The standard InChI is InChI=1S/C19H25ClN6O2/c1-12-14(3-2-4-16(12)20)11-25(10-13-5-7-15(21)8-6-13)19-23-9-17(26(27)28)18(22)24-19/h2-4,9,13,15H,5-8,10-11,21H2,1H3,(H2,22,23,24). The second-order valence-corrected chi connectivity index (χ2v) is 7.79. The summed E-state index contributed by atoms with van der Waals surface area (Å²) in [7, 11) is 0. The first-order valence-corrected chi connectivity index (χ1v) is 9.74. The van der Waals surface area contributed by atoms with Gasteiger partial charge in [-0.1, -0.05) is 23.7 Å². The first-order valence-electron chi connectivity index (χ1n) is 9.36. The number of hydrogen-bond donors (Lipinski definition) is 2. The molecule has 1 aliphatic rings. The molecule has 0 unspecified atom stereocenters. The highest BCUT2D eigenvalue weighted by atomic mass is 35.5. The van der Waals surface area contributed by atoms with E-state index < -0.39 is 4.92 Å². The van der Waals surface area contributed by atoms with Gasteiger partial charge in [-0.05, 0) is 55.7 Å². The maximum absolute atomic E-state index is 11.0. The molecule has 28 heavy (non-hydrogen) atoms. The van der Waals surface area contributed by atoms with Crippen molar-refractivity contribution >= 4 is 29.1 Å². The molecular weight excluding hydrogens is 380 g/mol. The molecular formula is C19H25ClN6O2. The van der Waals surface area contributed by atoms with E-state index in [1.54, 1.807) is 0 Å². The van der Waals surface area contributed by atoms with Gasteiger partial charge in [-0.3, -0.25) is 10.1 Å². The Labute approximate surface area is 169 Å². The van der Waals surface area contributed by atoms with Gasteiger partial charge >= 0.3 is 5.69 Å². The van der Waals surface area contributed by atoms with Gasteiger partial charge in [0.25, 0.3) is 0 Å². The van der Waals surface area contributed by atoms with E-state index in [-0.39, 0.29) is 17.5 Å². The van der Waals surface area contributed by atoms with Crippen LogP contribution in [0.1, 0.15) is 36.8 Å². The molecule has 1 fully saturated rings. The van der Waals surface area contributed by atoms with Crippen molar-refractivity contribution < 1.29 is 4.92 Å². The van der Waals surface area contributed by atoms with Gasteiger partial charge in [0.05, 0.1) is 4.92 Å². The van der Waals surface area contributed by atoms with Crippen LogP contribution < -0.4 is 16.4 Å². The van der Waals surface area contributed by atoms with Gasteiger partial charge in [0.2, 0.25) is 11.8 Å². The zero-order valence-corrected chi connectivity index (χ0v) is 16.6. The number of halogens is 1. The van der Waals surface area contributed by atoms with Crippen molar-refractivity contribution in [3.05, 3.63) is 50.7 Å². The van der Waals surface area contributed by atoms with E-state index in [0.717, 1.165) is 43.4 Å². The molecule has 2 aromatic rings. The van der Waals surface area contributed by atoms with Crippen molar-refractivity contribution in [2.45, 2.75) is 45.2 Å². The quantitative estimate of drug-likeness (QED) is 0.557. The van der Waals surface area contributed by atoms with Crippen molar-refractivity contribution in [3.8, 4) is 0 Å². The molecule has 1 heterocycles. The Morgan fingerprint density at radius 3 is 2.68 bits per heavy atom. The van der Waals surface area contributed by atoms with Crippen molar-refractivity contribution in [3.63, 3.8) is 0 Å².